The number of hydroxylamine groups is 1. The van der Waals surface area contributed by atoms with E-state index < -0.39 is 18.0 Å². The van der Waals surface area contributed by atoms with E-state index in [1.807, 2.05) is 0 Å². The number of para-hydroxylation sites is 2. The van der Waals surface area contributed by atoms with E-state index in [-0.39, 0.29) is 18.4 Å². The molecule has 168 valence electrons. The van der Waals surface area contributed by atoms with Gasteiger partial charge in [-0.05, 0) is 18.2 Å². The van der Waals surface area contributed by atoms with Crippen LogP contribution in [0.1, 0.15) is 11.3 Å². The van der Waals surface area contributed by atoms with Crippen molar-refractivity contribution in [1.82, 2.24) is 9.97 Å². The highest BCUT2D eigenvalue weighted by Gasteiger charge is 2.34. The van der Waals surface area contributed by atoms with E-state index in [2.05, 4.69) is 20.0 Å². The van der Waals surface area contributed by atoms with Crippen molar-refractivity contribution in [3.8, 4) is 5.88 Å². The SMILES string of the molecule is COC(=O)N(OC)c1ccccc1COc1cc(C(F)(F)F)nc(Nc2ccccc2)n1. The van der Waals surface area contributed by atoms with E-state index in [4.69, 9.17) is 9.57 Å². The molecule has 2 aromatic carbocycles. The molecule has 1 N–H and O–H groups in total. The summed E-state index contributed by atoms with van der Waals surface area (Å²) in [6, 6.07) is 15.7. The molecule has 0 aliphatic rings. The first kappa shape index (κ1) is 22.8. The fourth-order valence-electron chi connectivity index (χ4n) is 2.69. The number of amides is 1. The van der Waals surface area contributed by atoms with Crippen molar-refractivity contribution < 1.29 is 32.3 Å². The Labute approximate surface area is 181 Å². The lowest BCUT2D eigenvalue weighted by Gasteiger charge is -2.21. The summed E-state index contributed by atoms with van der Waals surface area (Å²) in [7, 11) is 2.46. The summed E-state index contributed by atoms with van der Waals surface area (Å²) < 4.78 is 50.2. The quantitative estimate of drug-likeness (QED) is 0.512. The molecule has 0 saturated heterocycles. The second-order valence-corrected chi connectivity index (χ2v) is 6.27. The number of hydrogen-bond acceptors (Lipinski definition) is 7. The molecule has 1 aromatic heterocycles. The fraction of sp³-hybridized carbons (Fsp3) is 0.190. The predicted molar refractivity (Wildman–Crippen MR) is 109 cm³/mol. The van der Waals surface area contributed by atoms with E-state index >= 15 is 0 Å². The molecular formula is C21H19F3N4O4. The van der Waals surface area contributed by atoms with Crippen LogP contribution in [-0.2, 0) is 22.4 Å². The lowest BCUT2D eigenvalue weighted by atomic mass is 10.2. The van der Waals surface area contributed by atoms with Crippen LogP contribution >= 0.6 is 0 Å². The number of anilines is 3. The molecule has 8 nitrogen and oxygen atoms in total. The van der Waals surface area contributed by atoms with Gasteiger partial charge in [-0.3, -0.25) is 4.84 Å². The molecule has 1 amide bonds. The molecule has 0 aliphatic heterocycles. The highest BCUT2D eigenvalue weighted by atomic mass is 19.4. The number of rotatable bonds is 7. The maximum Gasteiger partial charge on any atom is 0.438 e. The number of nitrogens with one attached hydrogen (secondary N) is 1. The third-order valence-electron chi connectivity index (χ3n) is 4.13. The van der Waals surface area contributed by atoms with Crippen LogP contribution in [0.2, 0.25) is 0 Å². The van der Waals surface area contributed by atoms with Crippen LogP contribution in [0.3, 0.4) is 0 Å². The smallest absolute Gasteiger partial charge is 0.438 e. The lowest BCUT2D eigenvalue weighted by Crippen LogP contribution is -2.30. The molecular weight excluding hydrogens is 429 g/mol. The first-order chi connectivity index (χ1) is 15.3. The Morgan fingerprint density at radius 2 is 1.72 bits per heavy atom. The highest BCUT2D eigenvalue weighted by molar-refractivity contribution is 5.86. The van der Waals surface area contributed by atoms with Crippen LogP contribution in [0.4, 0.5) is 35.3 Å². The molecule has 0 bridgehead atoms. The molecule has 32 heavy (non-hydrogen) atoms. The van der Waals surface area contributed by atoms with Gasteiger partial charge in [0.15, 0.2) is 5.69 Å². The highest BCUT2D eigenvalue weighted by Crippen LogP contribution is 2.31. The van der Waals surface area contributed by atoms with Gasteiger partial charge in [0.05, 0.1) is 19.9 Å². The number of aromatic nitrogens is 2. The summed E-state index contributed by atoms with van der Waals surface area (Å²) in [6.45, 7) is -0.202. The van der Waals surface area contributed by atoms with Crippen LogP contribution < -0.4 is 15.1 Å². The van der Waals surface area contributed by atoms with Gasteiger partial charge in [-0.15, -0.1) is 0 Å². The molecule has 0 atom stereocenters. The van der Waals surface area contributed by atoms with Gasteiger partial charge in [-0.25, -0.2) is 9.78 Å². The minimum Gasteiger partial charge on any atom is -0.473 e. The number of halogens is 3. The van der Waals surface area contributed by atoms with Crippen molar-refractivity contribution in [2.75, 3.05) is 24.6 Å². The first-order valence-corrected chi connectivity index (χ1v) is 9.23. The number of carbonyl (C=O) groups is 1. The molecule has 11 heteroatoms. The third-order valence-corrected chi connectivity index (χ3v) is 4.13. The molecule has 0 aliphatic carbocycles. The summed E-state index contributed by atoms with van der Waals surface area (Å²) in [6.07, 6.45) is -5.49. The number of benzene rings is 2. The zero-order valence-corrected chi connectivity index (χ0v) is 17.1. The van der Waals surface area contributed by atoms with Crippen molar-refractivity contribution in [1.29, 1.82) is 0 Å². The Morgan fingerprint density at radius 3 is 2.38 bits per heavy atom. The van der Waals surface area contributed by atoms with Gasteiger partial charge in [0.2, 0.25) is 11.8 Å². The number of carbonyl (C=O) groups excluding carboxylic acids is 1. The van der Waals surface area contributed by atoms with Crippen molar-refractivity contribution in [2.45, 2.75) is 12.8 Å². The maximum atomic E-state index is 13.3. The number of nitrogens with zero attached hydrogens (tertiary/aromatic N) is 3. The summed E-state index contributed by atoms with van der Waals surface area (Å²) in [5.74, 6) is -0.579. The van der Waals surface area contributed by atoms with Gasteiger partial charge in [0, 0.05) is 17.3 Å². The predicted octanol–water partition coefficient (Wildman–Crippen LogP) is 4.95. The molecule has 0 unspecified atom stereocenters. The topological polar surface area (TPSA) is 85.8 Å². The molecule has 0 fully saturated rings. The number of alkyl halides is 3. The maximum absolute atomic E-state index is 13.3. The van der Waals surface area contributed by atoms with E-state index in [0.717, 1.165) is 5.06 Å². The van der Waals surface area contributed by atoms with Crippen LogP contribution in [-0.4, -0.2) is 30.3 Å². The summed E-state index contributed by atoms with van der Waals surface area (Å²) in [5, 5.41) is 3.62. The molecule has 0 spiro atoms. The monoisotopic (exact) mass is 448 g/mol. The van der Waals surface area contributed by atoms with E-state index in [9.17, 15) is 18.0 Å². The van der Waals surface area contributed by atoms with Gasteiger partial charge in [-0.1, -0.05) is 36.4 Å². The van der Waals surface area contributed by atoms with Crippen LogP contribution in [0.25, 0.3) is 0 Å². The number of methoxy groups -OCH3 is 1. The lowest BCUT2D eigenvalue weighted by molar-refractivity contribution is -0.141. The van der Waals surface area contributed by atoms with Gasteiger partial charge in [-0.2, -0.15) is 23.2 Å². The van der Waals surface area contributed by atoms with Gasteiger partial charge >= 0.3 is 12.3 Å². The minimum absolute atomic E-state index is 0.202. The first-order valence-electron chi connectivity index (χ1n) is 9.23. The average molecular weight is 448 g/mol. The summed E-state index contributed by atoms with van der Waals surface area (Å²) in [5.41, 5.74) is 0.0957. The van der Waals surface area contributed by atoms with Crippen LogP contribution in [0.5, 0.6) is 5.88 Å². The van der Waals surface area contributed by atoms with Crippen molar-refractivity contribution >= 4 is 23.4 Å². The minimum atomic E-state index is -4.70. The van der Waals surface area contributed by atoms with Crippen LogP contribution in [0.15, 0.2) is 60.7 Å². The van der Waals surface area contributed by atoms with Crippen LogP contribution in [0, 0.1) is 0 Å². The van der Waals surface area contributed by atoms with E-state index in [0.29, 0.717) is 23.0 Å². The normalized spacial score (nSPS) is 11.0. The molecule has 0 radical (unpaired) electrons. The van der Waals surface area contributed by atoms with Gasteiger partial charge in [0.1, 0.15) is 6.61 Å². The van der Waals surface area contributed by atoms with Gasteiger partial charge in [0.25, 0.3) is 0 Å². The summed E-state index contributed by atoms with van der Waals surface area (Å²) >= 11 is 0. The third kappa shape index (κ3) is 5.64. The Balaban J connectivity index is 1.88. The fourth-order valence-corrected chi connectivity index (χ4v) is 2.69. The Bertz CT molecular complexity index is 1060. The average Bonchev–Trinajstić information content (AvgIpc) is 2.78. The zero-order valence-electron chi connectivity index (χ0n) is 17.1. The Kier molecular flexibility index (Phi) is 7.11. The Hall–Kier alpha value is -3.86. The molecule has 1 heterocycles. The molecule has 3 aromatic rings. The van der Waals surface area contributed by atoms with Gasteiger partial charge < -0.3 is 14.8 Å². The van der Waals surface area contributed by atoms with Crippen molar-refractivity contribution in [2.24, 2.45) is 0 Å². The second-order valence-electron chi connectivity index (χ2n) is 6.27. The standard InChI is InChI=1S/C21H19F3N4O4/c1-30-20(29)28(31-2)16-11-7-6-8-14(16)13-32-18-12-17(21(22,23)24)26-19(27-18)25-15-9-4-3-5-10-15/h3-12H,13H2,1-2H3,(H,25,26,27). The Morgan fingerprint density at radius 1 is 1.03 bits per heavy atom. The van der Waals surface area contributed by atoms with Crippen molar-refractivity contribution in [3.63, 3.8) is 0 Å². The summed E-state index contributed by atoms with van der Waals surface area (Å²) in [4.78, 5) is 24.5. The molecule has 3 rings (SSSR count). The largest absolute Gasteiger partial charge is 0.473 e. The number of ether oxygens (including phenoxy) is 2. The second kappa shape index (κ2) is 9.96. The van der Waals surface area contributed by atoms with Crippen molar-refractivity contribution in [3.05, 3.63) is 71.9 Å². The number of hydrogen-bond donors (Lipinski definition) is 1. The van der Waals surface area contributed by atoms with E-state index in [1.165, 1.54) is 14.2 Å². The zero-order chi connectivity index (χ0) is 23.1. The van der Waals surface area contributed by atoms with E-state index in [1.54, 1.807) is 54.6 Å². The molecule has 0 saturated carbocycles.